The summed E-state index contributed by atoms with van der Waals surface area (Å²) < 4.78 is 10.5. The van der Waals surface area contributed by atoms with Crippen molar-refractivity contribution in [3.63, 3.8) is 0 Å². The Hall–Kier alpha value is -4.00. The molecule has 31 heavy (non-hydrogen) atoms. The first-order chi connectivity index (χ1) is 15.1. The fourth-order valence-corrected chi connectivity index (χ4v) is 3.11. The van der Waals surface area contributed by atoms with E-state index in [0.29, 0.717) is 12.4 Å². The van der Waals surface area contributed by atoms with E-state index < -0.39 is 0 Å². The first-order valence-corrected chi connectivity index (χ1v) is 9.71. The monoisotopic (exact) mass is 416 g/mol. The van der Waals surface area contributed by atoms with E-state index >= 15 is 0 Å². The lowest BCUT2D eigenvalue weighted by Crippen LogP contribution is -2.03. The summed E-state index contributed by atoms with van der Waals surface area (Å²) in [7, 11) is 1.63. The lowest BCUT2D eigenvalue weighted by molar-refractivity contribution is -0.142. The number of benzene rings is 3. The van der Waals surface area contributed by atoms with Crippen LogP contribution in [0.4, 0.5) is 0 Å². The Labute approximate surface area is 181 Å². The molecule has 0 heterocycles. The average Bonchev–Trinajstić information content (AvgIpc) is 2.81. The molecule has 0 atom stereocenters. The second kappa shape index (κ2) is 10.7. The van der Waals surface area contributed by atoms with Crippen molar-refractivity contribution >= 4 is 11.8 Å². The van der Waals surface area contributed by atoms with Crippen molar-refractivity contribution in [1.82, 2.24) is 0 Å². The summed E-state index contributed by atoms with van der Waals surface area (Å²) in [6.07, 6.45) is 0. The van der Waals surface area contributed by atoms with E-state index in [1.165, 1.54) is 6.92 Å². The molecular weight excluding hydrogens is 392 g/mol. The van der Waals surface area contributed by atoms with Gasteiger partial charge in [-0.15, -0.1) is 5.11 Å². The molecule has 0 aliphatic heterocycles. The van der Waals surface area contributed by atoms with Gasteiger partial charge in [-0.05, 0) is 22.8 Å². The van der Waals surface area contributed by atoms with Gasteiger partial charge in [-0.1, -0.05) is 72.0 Å². The van der Waals surface area contributed by atoms with Crippen LogP contribution < -0.4 is 10.6 Å². The SMILES string of the molecule is COc1ccccc1CN=C(N=NN)c1ccccc1-c1ccc(COC(C)=O)cc1. The van der Waals surface area contributed by atoms with Gasteiger partial charge in [-0.25, -0.2) is 0 Å². The maximum atomic E-state index is 11.0. The normalized spacial score (nSPS) is 11.5. The Bertz CT molecular complexity index is 1090. The topological polar surface area (TPSA) is 98.6 Å². The Morgan fingerprint density at radius 2 is 1.68 bits per heavy atom. The molecule has 7 nitrogen and oxygen atoms in total. The Morgan fingerprint density at radius 3 is 2.39 bits per heavy atom. The number of methoxy groups -OCH3 is 1. The highest BCUT2D eigenvalue weighted by molar-refractivity contribution is 6.04. The van der Waals surface area contributed by atoms with E-state index in [1.54, 1.807) is 7.11 Å². The lowest BCUT2D eigenvalue weighted by Gasteiger charge is -2.11. The molecule has 7 heteroatoms. The molecule has 0 amide bonds. The summed E-state index contributed by atoms with van der Waals surface area (Å²) in [4.78, 5) is 15.7. The van der Waals surface area contributed by atoms with Gasteiger partial charge in [0.05, 0.1) is 13.7 Å². The largest absolute Gasteiger partial charge is 0.496 e. The minimum Gasteiger partial charge on any atom is -0.496 e. The molecule has 0 saturated carbocycles. The number of rotatable bonds is 7. The lowest BCUT2D eigenvalue weighted by atomic mass is 9.98. The Kier molecular flexibility index (Phi) is 7.48. The molecule has 0 aliphatic carbocycles. The number of aliphatic imine (C=N–C) groups is 1. The van der Waals surface area contributed by atoms with Crippen LogP contribution in [0.25, 0.3) is 11.1 Å². The number of nitrogens with zero attached hydrogens (tertiary/aromatic N) is 3. The molecular formula is C24H24N4O3. The molecule has 0 unspecified atom stereocenters. The minimum atomic E-state index is -0.308. The maximum Gasteiger partial charge on any atom is 0.302 e. The van der Waals surface area contributed by atoms with E-state index in [4.69, 9.17) is 15.3 Å². The maximum absolute atomic E-state index is 11.0. The molecule has 3 rings (SSSR count). The fourth-order valence-electron chi connectivity index (χ4n) is 3.11. The first-order valence-electron chi connectivity index (χ1n) is 9.71. The number of carbonyl (C=O) groups excluding carboxylic acids is 1. The second-order valence-electron chi connectivity index (χ2n) is 6.69. The van der Waals surface area contributed by atoms with Crippen LogP contribution >= 0.6 is 0 Å². The zero-order valence-corrected chi connectivity index (χ0v) is 17.5. The molecule has 0 fully saturated rings. The van der Waals surface area contributed by atoms with Crippen LogP contribution in [0.2, 0.25) is 0 Å². The van der Waals surface area contributed by atoms with Crippen LogP contribution in [-0.4, -0.2) is 18.9 Å². The van der Waals surface area contributed by atoms with Crippen molar-refractivity contribution in [1.29, 1.82) is 0 Å². The zero-order valence-electron chi connectivity index (χ0n) is 17.5. The number of carbonyl (C=O) groups is 1. The Morgan fingerprint density at radius 1 is 0.968 bits per heavy atom. The van der Waals surface area contributed by atoms with Gasteiger partial charge < -0.3 is 15.3 Å². The number of ether oxygens (including phenoxy) is 2. The van der Waals surface area contributed by atoms with Crippen molar-refractivity contribution in [2.75, 3.05) is 7.11 Å². The molecule has 0 bridgehead atoms. The van der Waals surface area contributed by atoms with E-state index in [0.717, 1.165) is 33.6 Å². The quantitative estimate of drug-likeness (QED) is 0.151. The average molecular weight is 416 g/mol. The van der Waals surface area contributed by atoms with Crippen LogP contribution in [-0.2, 0) is 22.7 Å². The molecule has 158 valence electrons. The van der Waals surface area contributed by atoms with Crippen molar-refractivity contribution in [2.45, 2.75) is 20.1 Å². The highest BCUT2D eigenvalue weighted by atomic mass is 16.5. The van der Waals surface area contributed by atoms with Gasteiger partial charge in [0.2, 0.25) is 0 Å². The number of esters is 1. The highest BCUT2D eigenvalue weighted by Crippen LogP contribution is 2.26. The molecule has 0 aromatic heterocycles. The molecule has 0 spiro atoms. The molecule has 3 aromatic carbocycles. The molecule has 0 aliphatic rings. The van der Waals surface area contributed by atoms with Crippen LogP contribution in [0.3, 0.4) is 0 Å². The van der Waals surface area contributed by atoms with Gasteiger partial charge in [0.15, 0.2) is 5.84 Å². The van der Waals surface area contributed by atoms with Crippen LogP contribution in [0.1, 0.15) is 23.6 Å². The fraction of sp³-hybridized carbons (Fsp3) is 0.167. The predicted octanol–water partition coefficient (Wildman–Crippen LogP) is 4.70. The molecule has 2 N–H and O–H groups in total. The van der Waals surface area contributed by atoms with Crippen LogP contribution in [0.5, 0.6) is 5.75 Å². The summed E-state index contributed by atoms with van der Waals surface area (Å²) in [6.45, 7) is 2.00. The third kappa shape index (κ3) is 5.76. The number of para-hydroxylation sites is 1. The highest BCUT2D eigenvalue weighted by Gasteiger charge is 2.12. The number of hydrogen-bond donors (Lipinski definition) is 1. The summed E-state index contributed by atoms with van der Waals surface area (Å²) in [5.74, 6) is 6.24. The van der Waals surface area contributed by atoms with Gasteiger partial charge in [0.1, 0.15) is 12.4 Å². The summed E-state index contributed by atoms with van der Waals surface area (Å²) in [5, 5.41) is 7.54. The van der Waals surface area contributed by atoms with Crippen molar-refractivity contribution in [3.05, 3.63) is 89.5 Å². The van der Waals surface area contributed by atoms with Gasteiger partial charge in [0.25, 0.3) is 0 Å². The molecule has 0 radical (unpaired) electrons. The predicted molar refractivity (Wildman–Crippen MR) is 120 cm³/mol. The molecule has 3 aromatic rings. The third-order valence-electron chi connectivity index (χ3n) is 4.62. The van der Waals surface area contributed by atoms with Crippen molar-refractivity contribution in [2.24, 2.45) is 21.2 Å². The zero-order chi connectivity index (χ0) is 22.1. The van der Waals surface area contributed by atoms with Crippen LogP contribution in [0.15, 0.2) is 88.1 Å². The van der Waals surface area contributed by atoms with Crippen molar-refractivity contribution < 1.29 is 14.3 Å². The summed E-state index contributed by atoms with van der Waals surface area (Å²) in [5.41, 5.74) is 4.55. The number of hydrogen-bond acceptors (Lipinski definition) is 5. The van der Waals surface area contributed by atoms with Gasteiger partial charge >= 0.3 is 5.97 Å². The van der Waals surface area contributed by atoms with E-state index in [1.807, 2.05) is 72.8 Å². The van der Waals surface area contributed by atoms with Gasteiger partial charge in [-0.2, -0.15) is 0 Å². The first kappa shape index (κ1) is 21.7. The van der Waals surface area contributed by atoms with Gasteiger partial charge in [0, 0.05) is 18.1 Å². The van der Waals surface area contributed by atoms with E-state index in [9.17, 15) is 4.79 Å². The van der Waals surface area contributed by atoms with E-state index in [2.05, 4.69) is 15.3 Å². The number of nitrogens with two attached hydrogens (primary N) is 1. The minimum absolute atomic E-state index is 0.240. The third-order valence-corrected chi connectivity index (χ3v) is 4.62. The van der Waals surface area contributed by atoms with Crippen molar-refractivity contribution in [3.8, 4) is 16.9 Å². The Balaban J connectivity index is 1.93. The van der Waals surface area contributed by atoms with Crippen LogP contribution in [0, 0.1) is 0 Å². The standard InChI is InChI=1S/C24H24N4O3/c1-17(29)31-16-18-11-13-19(14-12-18)21-8-4-5-9-22(21)24(27-28-25)26-15-20-7-3-6-10-23(20)30-2/h3-14H,15-16H2,1-2H3,(H2,25,26,27). The summed E-state index contributed by atoms with van der Waals surface area (Å²) in [6, 6.07) is 23.2. The summed E-state index contributed by atoms with van der Waals surface area (Å²) >= 11 is 0. The van der Waals surface area contributed by atoms with E-state index in [-0.39, 0.29) is 12.6 Å². The number of amidine groups is 1. The second-order valence-corrected chi connectivity index (χ2v) is 6.69. The smallest absolute Gasteiger partial charge is 0.302 e. The van der Waals surface area contributed by atoms with Gasteiger partial charge in [-0.3, -0.25) is 9.79 Å². The molecule has 0 saturated heterocycles.